The molecular formula is C16H16ClFN2O5S. The van der Waals surface area contributed by atoms with E-state index in [2.05, 4.69) is 5.43 Å². The second-order valence-electron chi connectivity index (χ2n) is 4.93. The Kier molecular flexibility index (Phi) is 6.41. The summed E-state index contributed by atoms with van der Waals surface area (Å²) in [6, 6.07) is 7.26. The molecule has 1 amide bonds. The molecule has 0 fully saturated rings. The highest BCUT2D eigenvalue weighted by Gasteiger charge is 2.18. The first-order chi connectivity index (χ1) is 12.3. The van der Waals surface area contributed by atoms with Gasteiger partial charge in [-0.05, 0) is 43.3 Å². The molecule has 0 spiro atoms. The Labute approximate surface area is 155 Å². The van der Waals surface area contributed by atoms with Gasteiger partial charge in [-0.3, -0.25) is 10.2 Å². The number of nitrogens with one attached hydrogen (secondary N) is 2. The normalized spacial score (nSPS) is 11.1. The molecule has 2 aromatic carbocycles. The second-order valence-corrected chi connectivity index (χ2v) is 7.02. The van der Waals surface area contributed by atoms with E-state index in [-0.39, 0.29) is 15.5 Å². The summed E-state index contributed by atoms with van der Waals surface area (Å²) >= 11 is 5.57. The number of rotatable bonds is 7. The lowest BCUT2D eigenvalue weighted by Crippen LogP contribution is -2.41. The van der Waals surface area contributed by atoms with Crippen LogP contribution in [0.5, 0.6) is 11.5 Å². The number of sulfonamides is 1. The molecule has 0 unspecified atom stereocenters. The number of hydrazine groups is 1. The lowest BCUT2D eigenvalue weighted by molar-refractivity contribution is 0.0944. The Morgan fingerprint density at radius 3 is 2.54 bits per heavy atom. The van der Waals surface area contributed by atoms with E-state index in [0.29, 0.717) is 18.1 Å². The van der Waals surface area contributed by atoms with Crippen molar-refractivity contribution < 1.29 is 27.1 Å². The van der Waals surface area contributed by atoms with Crippen LogP contribution in [-0.2, 0) is 10.0 Å². The van der Waals surface area contributed by atoms with Crippen LogP contribution >= 0.6 is 11.6 Å². The standard InChI is InChI=1S/C16H16ClFN2O5S/c1-3-25-14-7-4-10(8-15(14)24-2)16(21)19-20-26(22,23)11-5-6-13(18)12(17)9-11/h4-9,20H,3H2,1-2H3,(H,19,21). The summed E-state index contributed by atoms with van der Waals surface area (Å²) in [7, 11) is -2.71. The zero-order chi connectivity index (χ0) is 19.3. The van der Waals surface area contributed by atoms with Gasteiger partial charge in [0.15, 0.2) is 11.5 Å². The van der Waals surface area contributed by atoms with Crippen molar-refractivity contribution in [1.29, 1.82) is 0 Å². The minimum Gasteiger partial charge on any atom is -0.493 e. The Hall–Kier alpha value is -2.36. The Bertz CT molecular complexity index is 921. The fourth-order valence-electron chi connectivity index (χ4n) is 1.97. The minimum atomic E-state index is -4.12. The van der Waals surface area contributed by atoms with Gasteiger partial charge in [-0.25, -0.2) is 12.8 Å². The number of carbonyl (C=O) groups excluding carboxylic acids is 1. The number of halogens is 2. The molecule has 0 aliphatic rings. The number of methoxy groups -OCH3 is 1. The van der Waals surface area contributed by atoms with Gasteiger partial charge in [0.05, 0.1) is 23.6 Å². The van der Waals surface area contributed by atoms with E-state index >= 15 is 0 Å². The molecule has 10 heteroatoms. The SMILES string of the molecule is CCOc1ccc(C(=O)NNS(=O)(=O)c2ccc(F)c(Cl)c2)cc1OC. The summed E-state index contributed by atoms with van der Waals surface area (Å²) < 4.78 is 47.9. The van der Waals surface area contributed by atoms with Crippen LogP contribution in [0.25, 0.3) is 0 Å². The molecule has 0 saturated carbocycles. The number of carbonyl (C=O) groups is 1. The van der Waals surface area contributed by atoms with E-state index in [4.69, 9.17) is 21.1 Å². The lowest BCUT2D eigenvalue weighted by atomic mass is 10.2. The molecule has 0 heterocycles. The van der Waals surface area contributed by atoms with Crippen LogP contribution in [-0.4, -0.2) is 28.0 Å². The number of benzene rings is 2. The number of hydrogen-bond acceptors (Lipinski definition) is 5. The smallest absolute Gasteiger partial charge is 0.266 e. The number of ether oxygens (including phenoxy) is 2. The van der Waals surface area contributed by atoms with Gasteiger partial charge in [-0.2, -0.15) is 0 Å². The zero-order valence-corrected chi connectivity index (χ0v) is 15.4. The first kappa shape index (κ1) is 20.0. The molecule has 0 aliphatic heterocycles. The molecule has 0 aromatic heterocycles. The third-order valence-corrected chi connectivity index (χ3v) is 4.76. The van der Waals surface area contributed by atoms with Crippen molar-refractivity contribution in [2.24, 2.45) is 0 Å². The van der Waals surface area contributed by atoms with E-state index in [1.54, 1.807) is 6.92 Å². The highest BCUT2D eigenvalue weighted by atomic mass is 35.5. The van der Waals surface area contributed by atoms with Crippen LogP contribution in [0.3, 0.4) is 0 Å². The summed E-state index contributed by atoms with van der Waals surface area (Å²) in [5, 5.41) is -0.351. The highest BCUT2D eigenvalue weighted by Crippen LogP contribution is 2.28. The van der Waals surface area contributed by atoms with Gasteiger partial charge in [0.25, 0.3) is 15.9 Å². The molecule has 2 N–H and O–H groups in total. The summed E-state index contributed by atoms with van der Waals surface area (Å²) in [4.78, 5) is 13.8. The monoisotopic (exact) mass is 402 g/mol. The fraction of sp³-hybridized carbons (Fsp3) is 0.188. The van der Waals surface area contributed by atoms with Crippen LogP contribution in [0, 0.1) is 5.82 Å². The maximum Gasteiger partial charge on any atom is 0.266 e. The lowest BCUT2D eigenvalue weighted by Gasteiger charge is -2.12. The van der Waals surface area contributed by atoms with Crippen molar-refractivity contribution >= 4 is 27.5 Å². The maximum atomic E-state index is 13.1. The molecule has 0 atom stereocenters. The largest absolute Gasteiger partial charge is 0.493 e. The predicted molar refractivity (Wildman–Crippen MR) is 93.4 cm³/mol. The van der Waals surface area contributed by atoms with Gasteiger partial charge in [0.1, 0.15) is 5.82 Å². The van der Waals surface area contributed by atoms with Gasteiger partial charge in [0.2, 0.25) is 0 Å². The van der Waals surface area contributed by atoms with Crippen molar-refractivity contribution in [2.45, 2.75) is 11.8 Å². The van der Waals surface area contributed by atoms with E-state index < -0.39 is 21.7 Å². The van der Waals surface area contributed by atoms with Gasteiger partial charge in [-0.1, -0.05) is 11.6 Å². The van der Waals surface area contributed by atoms with Crippen LogP contribution in [0.4, 0.5) is 4.39 Å². The second kappa shape index (κ2) is 8.35. The minimum absolute atomic E-state index is 0.144. The third kappa shape index (κ3) is 4.63. The summed E-state index contributed by atoms with van der Waals surface area (Å²) in [5.41, 5.74) is 2.21. The van der Waals surface area contributed by atoms with Gasteiger partial charge < -0.3 is 9.47 Å². The molecule has 7 nitrogen and oxygen atoms in total. The van der Waals surface area contributed by atoms with Crippen LogP contribution in [0.2, 0.25) is 5.02 Å². The molecule has 0 radical (unpaired) electrons. The van der Waals surface area contributed by atoms with Crippen molar-refractivity contribution in [3.8, 4) is 11.5 Å². The van der Waals surface area contributed by atoms with Gasteiger partial charge in [-0.15, -0.1) is 4.83 Å². The van der Waals surface area contributed by atoms with E-state index in [9.17, 15) is 17.6 Å². The van der Waals surface area contributed by atoms with Gasteiger partial charge in [0, 0.05) is 5.56 Å². The first-order valence-corrected chi connectivity index (χ1v) is 9.22. The van der Waals surface area contributed by atoms with Crippen molar-refractivity contribution in [3.05, 3.63) is 52.8 Å². The zero-order valence-electron chi connectivity index (χ0n) is 13.9. The average Bonchev–Trinajstić information content (AvgIpc) is 2.62. The number of amides is 1. The molecule has 140 valence electrons. The summed E-state index contributed by atoms with van der Waals surface area (Å²) in [5.74, 6) is -0.694. The molecule has 0 saturated heterocycles. The molecule has 2 rings (SSSR count). The topological polar surface area (TPSA) is 93.7 Å². The average molecular weight is 403 g/mol. The number of hydrogen-bond donors (Lipinski definition) is 2. The first-order valence-electron chi connectivity index (χ1n) is 7.36. The Morgan fingerprint density at radius 2 is 1.92 bits per heavy atom. The van der Waals surface area contributed by atoms with Crippen molar-refractivity contribution in [3.63, 3.8) is 0 Å². The highest BCUT2D eigenvalue weighted by molar-refractivity contribution is 7.89. The summed E-state index contributed by atoms with van der Waals surface area (Å²) in [6.45, 7) is 2.22. The maximum absolute atomic E-state index is 13.1. The fourth-order valence-corrected chi connectivity index (χ4v) is 3.08. The third-order valence-electron chi connectivity index (χ3n) is 3.23. The quantitative estimate of drug-likeness (QED) is 0.694. The van der Waals surface area contributed by atoms with E-state index in [0.717, 1.165) is 18.2 Å². The predicted octanol–water partition coefficient (Wildman–Crippen LogP) is 2.51. The van der Waals surface area contributed by atoms with Crippen LogP contribution in [0.15, 0.2) is 41.3 Å². The molecule has 0 bridgehead atoms. The molecular weight excluding hydrogens is 387 g/mol. The van der Waals surface area contributed by atoms with Crippen molar-refractivity contribution in [2.75, 3.05) is 13.7 Å². The van der Waals surface area contributed by atoms with Crippen LogP contribution in [0.1, 0.15) is 17.3 Å². The molecule has 26 heavy (non-hydrogen) atoms. The van der Waals surface area contributed by atoms with E-state index in [1.807, 2.05) is 4.83 Å². The Balaban J connectivity index is 2.13. The molecule has 2 aromatic rings. The van der Waals surface area contributed by atoms with Crippen molar-refractivity contribution in [1.82, 2.24) is 10.3 Å². The summed E-state index contributed by atoms with van der Waals surface area (Å²) in [6.07, 6.45) is 0. The van der Waals surface area contributed by atoms with Gasteiger partial charge >= 0.3 is 0 Å². The van der Waals surface area contributed by atoms with E-state index in [1.165, 1.54) is 25.3 Å². The van der Waals surface area contributed by atoms with Crippen LogP contribution < -0.4 is 19.7 Å². The Morgan fingerprint density at radius 1 is 1.19 bits per heavy atom. The molecule has 0 aliphatic carbocycles.